The number of ether oxygens (including phenoxy) is 1. The Morgan fingerprint density at radius 2 is 2.05 bits per heavy atom. The number of urea groups is 1. The molecule has 1 heterocycles. The molecule has 0 aliphatic rings. The molecule has 0 radical (unpaired) electrons. The van der Waals surface area contributed by atoms with E-state index in [1.807, 2.05) is 12.3 Å². The Morgan fingerprint density at radius 1 is 1.32 bits per heavy atom. The number of thiazole rings is 1. The number of aromatic nitrogens is 1. The van der Waals surface area contributed by atoms with Crippen molar-refractivity contribution in [2.75, 3.05) is 19.7 Å². The number of rotatable bonds is 7. The van der Waals surface area contributed by atoms with E-state index in [1.165, 1.54) is 0 Å². The van der Waals surface area contributed by atoms with Crippen molar-refractivity contribution in [2.45, 2.75) is 46.0 Å². The molecule has 0 fully saturated rings. The average Bonchev–Trinajstić information content (AvgIpc) is 2.87. The van der Waals surface area contributed by atoms with Crippen LogP contribution in [-0.2, 0) is 21.4 Å². The molecule has 0 saturated heterocycles. The molecule has 0 atom stereocenters. The van der Waals surface area contributed by atoms with Crippen LogP contribution in [-0.4, -0.2) is 36.7 Å². The van der Waals surface area contributed by atoms with Gasteiger partial charge in [-0.05, 0) is 13.3 Å². The summed E-state index contributed by atoms with van der Waals surface area (Å²) in [5, 5.41) is 8.22. The van der Waals surface area contributed by atoms with E-state index < -0.39 is 0 Å². The SMILES string of the molecule is CCNC(=O)NCCCOC(=O)Cc1csc(C(C)(C)C)n1. The second kappa shape index (κ2) is 8.73. The standard InChI is InChI=1S/C15H25N3O3S/c1-5-16-14(20)17-7-6-8-21-12(19)9-11-10-22-13(18-11)15(2,3)4/h10H,5-9H2,1-4H3,(H2,16,17,20). The number of esters is 1. The van der Waals surface area contributed by atoms with E-state index in [1.54, 1.807) is 11.3 Å². The molecule has 0 bridgehead atoms. The molecular weight excluding hydrogens is 302 g/mol. The summed E-state index contributed by atoms with van der Waals surface area (Å²) in [6.45, 7) is 9.49. The summed E-state index contributed by atoms with van der Waals surface area (Å²) >= 11 is 1.56. The van der Waals surface area contributed by atoms with Crippen molar-refractivity contribution < 1.29 is 14.3 Å². The quantitative estimate of drug-likeness (QED) is 0.594. The summed E-state index contributed by atoms with van der Waals surface area (Å²) in [7, 11) is 0. The topological polar surface area (TPSA) is 80.3 Å². The third kappa shape index (κ3) is 6.89. The molecule has 0 saturated carbocycles. The van der Waals surface area contributed by atoms with Gasteiger partial charge in [0.25, 0.3) is 0 Å². The van der Waals surface area contributed by atoms with E-state index in [0.717, 1.165) is 10.7 Å². The zero-order valence-electron chi connectivity index (χ0n) is 13.7. The van der Waals surface area contributed by atoms with Crippen LogP contribution in [0, 0.1) is 0 Å². The van der Waals surface area contributed by atoms with Crippen LogP contribution in [0.4, 0.5) is 4.79 Å². The van der Waals surface area contributed by atoms with Gasteiger partial charge in [0, 0.05) is 23.9 Å². The Bertz CT molecular complexity index is 494. The van der Waals surface area contributed by atoms with Crippen LogP contribution < -0.4 is 10.6 Å². The van der Waals surface area contributed by atoms with E-state index >= 15 is 0 Å². The first-order valence-corrected chi connectivity index (χ1v) is 8.33. The molecule has 0 spiro atoms. The summed E-state index contributed by atoms with van der Waals surface area (Å²) in [6.07, 6.45) is 0.781. The van der Waals surface area contributed by atoms with Gasteiger partial charge < -0.3 is 15.4 Å². The van der Waals surface area contributed by atoms with E-state index in [0.29, 0.717) is 26.1 Å². The van der Waals surface area contributed by atoms with Gasteiger partial charge in [-0.3, -0.25) is 4.79 Å². The first kappa shape index (κ1) is 18.4. The number of hydrogen-bond donors (Lipinski definition) is 2. The smallest absolute Gasteiger partial charge is 0.314 e. The van der Waals surface area contributed by atoms with Crippen LogP contribution in [0.1, 0.15) is 44.8 Å². The molecule has 7 heteroatoms. The highest BCUT2D eigenvalue weighted by Crippen LogP contribution is 2.25. The highest BCUT2D eigenvalue weighted by Gasteiger charge is 2.19. The Labute approximate surface area is 135 Å². The average molecular weight is 327 g/mol. The van der Waals surface area contributed by atoms with Gasteiger partial charge in [-0.1, -0.05) is 20.8 Å². The first-order chi connectivity index (χ1) is 10.3. The Balaban J connectivity index is 2.21. The lowest BCUT2D eigenvalue weighted by molar-refractivity contribution is -0.142. The summed E-state index contributed by atoms with van der Waals surface area (Å²) in [5.74, 6) is -0.288. The molecule has 124 valence electrons. The predicted octanol–water partition coefficient (Wildman–Crippen LogP) is 2.24. The summed E-state index contributed by atoms with van der Waals surface area (Å²) < 4.78 is 5.14. The number of nitrogens with zero attached hydrogens (tertiary/aromatic N) is 1. The molecule has 2 N–H and O–H groups in total. The van der Waals surface area contributed by atoms with Crippen molar-refractivity contribution in [3.63, 3.8) is 0 Å². The van der Waals surface area contributed by atoms with Gasteiger partial charge in [-0.15, -0.1) is 11.3 Å². The Kier molecular flexibility index (Phi) is 7.31. The first-order valence-electron chi connectivity index (χ1n) is 7.45. The zero-order valence-corrected chi connectivity index (χ0v) is 14.5. The second-order valence-electron chi connectivity index (χ2n) is 5.93. The molecule has 0 aromatic carbocycles. The maximum Gasteiger partial charge on any atom is 0.314 e. The maximum atomic E-state index is 11.7. The molecule has 0 unspecified atom stereocenters. The molecule has 6 nitrogen and oxygen atoms in total. The molecule has 22 heavy (non-hydrogen) atoms. The van der Waals surface area contributed by atoms with Crippen LogP contribution >= 0.6 is 11.3 Å². The minimum absolute atomic E-state index is 0.00243. The number of carbonyl (C=O) groups is 2. The van der Waals surface area contributed by atoms with Crippen LogP contribution in [0.2, 0.25) is 0 Å². The lowest BCUT2D eigenvalue weighted by atomic mass is 9.98. The van der Waals surface area contributed by atoms with E-state index in [9.17, 15) is 9.59 Å². The van der Waals surface area contributed by atoms with Crippen LogP contribution in [0.25, 0.3) is 0 Å². The van der Waals surface area contributed by atoms with E-state index in [-0.39, 0.29) is 23.8 Å². The van der Waals surface area contributed by atoms with Gasteiger partial charge in [-0.25, -0.2) is 9.78 Å². The summed E-state index contributed by atoms with van der Waals surface area (Å²) in [4.78, 5) is 27.3. The third-order valence-electron chi connectivity index (χ3n) is 2.73. The number of amides is 2. The van der Waals surface area contributed by atoms with Crippen molar-refractivity contribution in [3.05, 3.63) is 16.1 Å². The molecule has 1 rings (SSSR count). The van der Waals surface area contributed by atoms with Gasteiger partial charge in [-0.2, -0.15) is 0 Å². The Hall–Kier alpha value is -1.63. The summed E-state index contributed by atoms with van der Waals surface area (Å²) in [5.41, 5.74) is 0.748. The van der Waals surface area contributed by atoms with E-state index in [2.05, 4.69) is 36.4 Å². The largest absolute Gasteiger partial charge is 0.465 e. The lowest BCUT2D eigenvalue weighted by Crippen LogP contribution is -2.36. The second-order valence-corrected chi connectivity index (χ2v) is 6.79. The van der Waals surface area contributed by atoms with Crippen LogP contribution in [0.3, 0.4) is 0 Å². The lowest BCUT2D eigenvalue weighted by Gasteiger charge is -2.13. The third-order valence-corrected chi connectivity index (χ3v) is 4.04. The molecule has 0 aliphatic carbocycles. The highest BCUT2D eigenvalue weighted by molar-refractivity contribution is 7.09. The van der Waals surface area contributed by atoms with Crippen LogP contribution in [0.15, 0.2) is 5.38 Å². The maximum absolute atomic E-state index is 11.7. The predicted molar refractivity (Wildman–Crippen MR) is 87.2 cm³/mol. The zero-order chi connectivity index (χ0) is 16.6. The van der Waals surface area contributed by atoms with Gasteiger partial charge in [0.05, 0.1) is 23.7 Å². The van der Waals surface area contributed by atoms with Gasteiger partial charge in [0.1, 0.15) is 0 Å². The summed E-state index contributed by atoms with van der Waals surface area (Å²) in [6, 6.07) is -0.203. The number of hydrogen-bond acceptors (Lipinski definition) is 5. The molecular formula is C15H25N3O3S. The fourth-order valence-electron chi connectivity index (χ4n) is 1.61. The molecule has 1 aromatic rings. The fourth-order valence-corrected chi connectivity index (χ4v) is 2.52. The Morgan fingerprint density at radius 3 is 2.64 bits per heavy atom. The molecule has 1 aromatic heterocycles. The van der Waals surface area contributed by atoms with Crippen molar-refractivity contribution in [2.24, 2.45) is 0 Å². The fraction of sp³-hybridized carbons (Fsp3) is 0.667. The minimum Gasteiger partial charge on any atom is -0.465 e. The normalized spacial score (nSPS) is 11.1. The highest BCUT2D eigenvalue weighted by atomic mass is 32.1. The van der Waals surface area contributed by atoms with Crippen LogP contribution in [0.5, 0.6) is 0 Å². The van der Waals surface area contributed by atoms with Crippen molar-refractivity contribution >= 4 is 23.3 Å². The van der Waals surface area contributed by atoms with Crippen molar-refractivity contribution in [1.29, 1.82) is 0 Å². The number of nitrogens with one attached hydrogen (secondary N) is 2. The van der Waals surface area contributed by atoms with Crippen molar-refractivity contribution in [3.8, 4) is 0 Å². The van der Waals surface area contributed by atoms with Gasteiger partial charge in [0.15, 0.2) is 0 Å². The molecule has 0 aliphatic heterocycles. The number of carbonyl (C=O) groups excluding carboxylic acids is 2. The minimum atomic E-state index is -0.288. The monoisotopic (exact) mass is 327 g/mol. The van der Waals surface area contributed by atoms with E-state index in [4.69, 9.17) is 4.74 Å². The van der Waals surface area contributed by atoms with Crippen molar-refractivity contribution in [1.82, 2.24) is 15.6 Å². The van der Waals surface area contributed by atoms with Gasteiger partial charge >= 0.3 is 12.0 Å². The van der Waals surface area contributed by atoms with Gasteiger partial charge in [0.2, 0.25) is 0 Å². The molecule has 2 amide bonds.